The highest BCUT2D eigenvalue weighted by Gasteiger charge is 2.17. The summed E-state index contributed by atoms with van der Waals surface area (Å²) in [5, 5.41) is 17.1. The lowest BCUT2D eigenvalue weighted by Gasteiger charge is -2.07. The molecule has 0 saturated heterocycles. The lowest BCUT2D eigenvalue weighted by Crippen LogP contribution is -2.14. The van der Waals surface area contributed by atoms with Crippen molar-refractivity contribution in [3.05, 3.63) is 52.0 Å². The van der Waals surface area contributed by atoms with Crippen LogP contribution in [0.1, 0.15) is 25.1 Å². The third-order valence-corrected chi connectivity index (χ3v) is 7.38. The van der Waals surface area contributed by atoms with Crippen molar-refractivity contribution in [1.82, 2.24) is 19.7 Å². The molecule has 0 unspecified atom stereocenters. The monoisotopic (exact) mass is 469 g/mol. The Morgan fingerprint density at radius 2 is 1.94 bits per heavy atom. The van der Waals surface area contributed by atoms with Gasteiger partial charge in [0, 0.05) is 33.3 Å². The van der Waals surface area contributed by atoms with Gasteiger partial charge in [0.2, 0.25) is 5.91 Å². The molecule has 1 N–H and O–H groups in total. The molecule has 31 heavy (non-hydrogen) atoms. The van der Waals surface area contributed by atoms with Crippen molar-refractivity contribution in [3.63, 3.8) is 0 Å². The second-order valence-electron chi connectivity index (χ2n) is 6.85. The van der Waals surface area contributed by atoms with Gasteiger partial charge in [0.1, 0.15) is 0 Å². The van der Waals surface area contributed by atoms with Gasteiger partial charge in [0.25, 0.3) is 0 Å². The van der Waals surface area contributed by atoms with Crippen LogP contribution in [0.4, 0.5) is 5.13 Å². The predicted molar refractivity (Wildman–Crippen MR) is 130 cm³/mol. The minimum atomic E-state index is -0.102. The number of carbonyl (C=O) groups is 1. The SMILES string of the molecule is CCCn1c(SCC(=O)Nc2nc(-c3ccccc3)cs2)nnc1-c1csc(CC)c1. The molecule has 1 aromatic carbocycles. The Labute approximate surface area is 193 Å². The van der Waals surface area contributed by atoms with Gasteiger partial charge in [0.05, 0.1) is 11.4 Å². The summed E-state index contributed by atoms with van der Waals surface area (Å²) in [6.07, 6.45) is 1.98. The van der Waals surface area contributed by atoms with Crippen LogP contribution >= 0.6 is 34.4 Å². The highest BCUT2D eigenvalue weighted by molar-refractivity contribution is 7.99. The van der Waals surface area contributed by atoms with E-state index < -0.39 is 0 Å². The Kier molecular flexibility index (Phi) is 7.16. The molecule has 4 rings (SSSR count). The second-order valence-corrected chi connectivity index (χ2v) is 9.65. The maximum absolute atomic E-state index is 12.5. The van der Waals surface area contributed by atoms with Crippen molar-refractivity contribution in [2.24, 2.45) is 0 Å². The van der Waals surface area contributed by atoms with Crippen LogP contribution in [-0.2, 0) is 17.8 Å². The summed E-state index contributed by atoms with van der Waals surface area (Å²) in [6, 6.07) is 12.1. The van der Waals surface area contributed by atoms with Gasteiger partial charge in [-0.2, -0.15) is 0 Å². The summed E-state index contributed by atoms with van der Waals surface area (Å²) in [4.78, 5) is 18.3. The molecular weight excluding hydrogens is 446 g/mol. The van der Waals surface area contributed by atoms with E-state index in [9.17, 15) is 4.79 Å². The molecule has 0 atom stereocenters. The normalized spacial score (nSPS) is 11.0. The van der Waals surface area contributed by atoms with E-state index in [-0.39, 0.29) is 11.7 Å². The smallest absolute Gasteiger partial charge is 0.236 e. The van der Waals surface area contributed by atoms with Crippen LogP contribution in [0.25, 0.3) is 22.6 Å². The molecule has 0 saturated carbocycles. The Morgan fingerprint density at radius 1 is 1.10 bits per heavy atom. The molecule has 0 aliphatic heterocycles. The molecule has 9 heteroatoms. The number of aromatic nitrogens is 4. The van der Waals surface area contributed by atoms with Crippen LogP contribution in [0.15, 0.2) is 52.3 Å². The Morgan fingerprint density at radius 3 is 2.68 bits per heavy atom. The van der Waals surface area contributed by atoms with Gasteiger partial charge >= 0.3 is 0 Å². The van der Waals surface area contributed by atoms with Crippen LogP contribution in [-0.4, -0.2) is 31.4 Å². The van der Waals surface area contributed by atoms with Crippen LogP contribution < -0.4 is 5.32 Å². The molecule has 0 bridgehead atoms. The molecule has 160 valence electrons. The van der Waals surface area contributed by atoms with Crippen molar-refractivity contribution < 1.29 is 4.79 Å². The zero-order valence-corrected chi connectivity index (χ0v) is 19.8. The van der Waals surface area contributed by atoms with Crippen LogP contribution in [0.5, 0.6) is 0 Å². The molecular formula is C22H23N5OS3. The maximum Gasteiger partial charge on any atom is 0.236 e. The quantitative estimate of drug-likeness (QED) is 0.312. The van der Waals surface area contributed by atoms with Crippen LogP contribution in [0, 0.1) is 0 Å². The first-order chi connectivity index (χ1) is 15.2. The average molecular weight is 470 g/mol. The molecule has 0 radical (unpaired) electrons. The van der Waals surface area contributed by atoms with Crippen molar-refractivity contribution in [2.75, 3.05) is 11.1 Å². The summed E-state index contributed by atoms with van der Waals surface area (Å²) < 4.78 is 2.11. The number of hydrogen-bond acceptors (Lipinski definition) is 7. The number of hydrogen-bond donors (Lipinski definition) is 1. The first-order valence-corrected chi connectivity index (χ1v) is 12.9. The number of amides is 1. The largest absolute Gasteiger partial charge is 0.302 e. The van der Waals surface area contributed by atoms with Crippen molar-refractivity contribution in [2.45, 2.75) is 38.4 Å². The lowest BCUT2D eigenvalue weighted by atomic mass is 10.2. The predicted octanol–water partition coefficient (Wildman–Crippen LogP) is 5.83. The van der Waals surface area contributed by atoms with Gasteiger partial charge < -0.3 is 9.88 Å². The molecule has 6 nitrogen and oxygen atoms in total. The zero-order valence-electron chi connectivity index (χ0n) is 17.4. The molecule has 1 amide bonds. The fourth-order valence-electron chi connectivity index (χ4n) is 3.08. The topological polar surface area (TPSA) is 72.7 Å². The van der Waals surface area contributed by atoms with E-state index in [1.54, 1.807) is 11.3 Å². The number of benzene rings is 1. The highest BCUT2D eigenvalue weighted by Crippen LogP contribution is 2.29. The number of nitrogens with zero attached hydrogens (tertiary/aromatic N) is 4. The second kappa shape index (κ2) is 10.2. The molecule has 0 spiro atoms. The van der Waals surface area contributed by atoms with E-state index in [0.717, 1.165) is 47.2 Å². The zero-order chi connectivity index (χ0) is 21.6. The summed E-state index contributed by atoms with van der Waals surface area (Å²) in [6.45, 7) is 5.09. The summed E-state index contributed by atoms with van der Waals surface area (Å²) >= 11 is 4.57. The van der Waals surface area contributed by atoms with E-state index in [0.29, 0.717) is 5.13 Å². The Hall–Kier alpha value is -2.49. The first kappa shape index (κ1) is 21.7. The summed E-state index contributed by atoms with van der Waals surface area (Å²) in [5.41, 5.74) is 2.99. The van der Waals surface area contributed by atoms with Crippen LogP contribution in [0.3, 0.4) is 0 Å². The van der Waals surface area contributed by atoms with Gasteiger partial charge in [-0.3, -0.25) is 4.79 Å². The number of carbonyl (C=O) groups excluding carboxylic acids is 1. The highest BCUT2D eigenvalue weighted by atomic mass is 32.2. The van der Waals surface area contributed by atoms with Crippen molar-refractivity contribution in [3.8, 4) is 22.6 Å². The third kappa shape index (κ3) is 5.23. The molecule has 3 heterocycles. The fraction of sp³-hybridized carbons (Fsp3) is 0.273. The molecule has 3 aromatic heterocycles. The summed E-state index contributed by atoms with van der Waals surface area (Å²) in [5.74, 6) is 1.02. The standard InChI is InChI=1S/C22H23N5OS3/c1-3-10-27-20(16-11-17(4-2)29-12-16)25-26-22(27)31-14-19(28)24-21-23-18(13-30-21)15-8-6-5-7-9-15/h5-9,11-13H,3-4,10,14H2,1-2H3,(H,23,24,28). The fourth-order valence-corrected chi connectivity index (χ4v) is 5.39. The van der Waals surface area contributed by atoms with E-state index in [1.165, 1.54) is 28.0 Å². The number of thiazole rings is 1. The van der Waals surface area contributed by atoms with E-state index in [2.05, 4.69) is 50.4 Å². The van der Waals surface area contributed by atoms with E-state index in [1.807, 2.05) is 35.7 Å². The van der Waals surface area contributed by atoms with Crippen molar-refractivity contribution >= 4 is 45.5 Å². The molecule has 0 aliphatic rings. The van der Waals surface area contributed by atoms with E-state index >= 15 is 0 Å². The number of thioether (sulfide) groups is 1. The number of thiophene rings is 1. The number of anilines is 1. The van der Waals surface area contributed by atoms with Crippen molar-refractivity contribution in [1.29, 1.82) is 0 Å². The Balaban J connectivity index is 1.41. The maximum atomic E-state index is 12.5. The molecule has 0 aliphatic carbocycles. The molecule has 4 aromatic rings. The minimum Gasteiger partial charge on any atom is -0.302 e. The number of nitrogens with one attached hydrogen (secondary N) is 1. The number of aryl methyl sites for hydroxylation is 1. The van der Waals surface area contributed by atoms with Crippen LogP contribution in [0.2, 0.25) is 0 Å². The van der Waals surface area contributed by atoms with Gasteiger partial charge in [-0.15, -0.1) is 32.9 Å². The van der Waals surface area contributed by atoms with Gasteiger partial charge in [-0.1, -0.05) is 55.9 Å². The van der Waals surface area contributed by atoms with Gasteiger partial charge in [-0.05, 0) is 18.9 Å². The minimum absolute atomic E-state index is 0.102. The lowest BCUT2D eigenvalue weighted by molar-refractivity contribution is -0.113. The summed E-state index contributed by atoms with van der Waals surface area (Å²) in [7, 11) is 0. The van der Waals surface area contributed by atoms with Gasteiger partial charge in [-0.25, -0.2) is 4.98 Å². The molecule has 0 fully saturated rings. The Bertz CT molecular complexity index is 1150. The first-order valence-electron chi connectivity index (χ1n) is 10.1. The average Bonchev–Trinajstić information content (AvgIpc) is 3.53. The third-order valence-electron chi connectivity index (χ3n) is 4.58. The number of rotatable bonds is 9. The van der Waals surface area contributed by atoms with E-state index in [4.69, 9.17) is 0 Å². The van der Waals surface area contributed by atoms with Gasteiger partial charge in [0.15, 0.2) is 16.1 Å².